The van der Waals surface area contributed by atoms with Gasteiger partial charge in [0.05, 0.1) is 16.0 Å². The summed E-state index contributed by atoms with van der Waals surface area (Å²) >= 11 is 0. The third kappa shape index (κ3) is 4.69. The molecule has 2 aliphatic heterocycles. The number of cyclic esters (lactones) is 1. The molecule has 0 radical (unpaired) electrons. The molecular formula is C27H30N2O7. The predicted octanol–water partition coefficient (Wildman–Crippen LogP) is 4.05. The van der Waals surface area contributed by atoms with E-state index in [1.165, 1.54) is 24.3 Å². The highest BCUT2D eigenvalue weighted by Gasteiger charge is 2.54. The average Bonchev–Trinajstić information content (AvgIpc) is 3.21. The summed E-state index contributed by atoms with van der Waals surface area (Å²) in [6, 6.07) is 5.63. The van der Waals surface area contributed by atoms with Crippen LogP contribution in [-0.4, -0.2) is 41.5 Å². The molecule has 1 amide bonds. The van der Waals surface area contributed by atoms with Crippen molar-refractivity contribution in [2.75, 3.05) is 13.2 Å². The standard InChI is InChI=1S/C27H30N2O7/c1-17-8-11-22-26(2,20(17)10-9-18-13-15-35-24(18)31)14-12-23(30)28-27(22,3)16-36-25(32)19-6-4-5-7-21(19)29(33)34/h4-7,9-10,13,20,22H,1,8,11-12,14-16H2,2-3H3,(H,28,30)/b10-9+/t20-,22+,26+,27+/m1/s1. The van der Waals surface area contributed by atoms with Crippen LogP contribution in [0.1, 0.15) is 49.9 Å². The van der Waals surface area contributed by atoms with Crippen LogP contribution in [0.25, 0.3) is 0 Å². The van der Waals surface area contributed by atoms with Gasteiger partial charge in [0.2, 0.25) is 5.91 Å². The zero-order chi connectivity index (χ0) is 26.1. The summed E-state index contributed by atoms with van der Waals surface area (Å²) < 4.78 is 10.6. The summed E-state index contributed by atoms with van der Waals surface area (Å²) in [5.74, 6) is -1.51. The summed E-state index contributed by atoms with van der Waals surface area (Å²) in [5.41, 5.74) is -0.263. The number of allylic oxidation sites excluding steroid dienone is 2. The van der Waals surface area contributed by atoms with Crippen LogP contribution in [0.4, 0.5) is 5.69 Å². The van der Waals surface area contributed by atoms with Gasteiger partial charge in [0.1, 0.15) is 18.8 Å². The molecule has 1 aromatic carbocycles. The molecule has 4 rings (SSSR count). The molecular weight excluding hydrogens is 464 g/mol. The van der Waals surface area contributed by atoms with Gasteiger partial charge >= 0.3 is 11.9 Å². The number of nitro benzene ring substituents is 1. The molecule has 1 saturated carbocycles. The van der Waals surface area contributed by atoms with Crippen LogP contribution in [-0.2, 0) is 19.1 Å². The minimum Gasteiger partial charge on any atom is -0.459 e. The van der Waals surface area contributed by atoms with Crippen molar-refractivity contribution in [3.8, 4) is 0 Å². The van der Waals surface area contributed by atoms with E-state index in [4.69, 9.17) is 9.47 Å². The second kappa shape index (κ2) is 9.72. The van der Waals surface area contributed by atoms with E-state index in [1.54, 1.807) is 12.2 Å². The van der Waals surface area contributed by atoms with Crippen molar-refractivity contribution in [3.63, 3.8) is 0 Å². The maximum absolute atomic E-state index is 12.8. The monoisotopic (exact) mass is 494 g/mol. The molecule has 1 aromatic rings. The van der Waals surface area contributed by atoms with Gasteiger partial charge in [-0.3, -0.25) is 14.9 Å². The lowest BCUT2D eigenvalue weighted by molar-refractivity contribution is -0.385. The first-order valence-electron chi connectivity index (χ1n) is 12.0. The fourth-order valence-electron chi connectivity index (χ4n) is 6.03. The number of hydrogen-bond donors (Lipinski definition) is 1. The number of esters is 2. The van der Waals surface area contributed by atoms with Gasteiger partial charge in [-0.2, -0.15) is 0 Å². The van der Waals surface area contributed by atoms with Crippen molar-refractivity contribution in [1.82, 2.24) is 5.32 Å². The Hall–Kier alpha value is -3.75. The zero-order valence-electron chi connectivity index (χ0n) is 20.5. The smallest absolute Gasteiger partial charge is 0.345 e. The van der Waals surface area contributed by atoms with Crippen LogP contribution in [0.15, 0.2) is 60.2 Å². The van der Waals surface area contributed by atoms with Crippen LogP contribution in [0.2, 0.25) is 0 Å². The van der Waals surface area contributed by atoms with E-state index < -0.39 is 21.8 Å². The Bertz CT molecular complexity index is 1190. The van der Waals surface area contributed by atoms with E-state index in [-0.39, 0.29) is 48.2 Å². The summed E-state index contributed by atoms with van der Waals surface area (Å²) in [6.07, 6.45) is 7.80. The molecule has 0 aromatic heterocycles. The Kier molecular flexibility index (Phi) is 6.84. The first-order valence-corrected chi connectivity index (χ1v) is 12.0. The molecule has 1 saturated heterocycles. The molecule has 2 fully saturated rings. The fourth-order valence-corrected chi connectivity index (χ4v) is 6.03. The number of rotatable bonds is 6. The molecule has 9 heteroatoms. The third-order valence-corrected chi connectivity index (χ3v) is 7.83. The summed E-state index contributed by atoms with van der Waals surface area (Å²) in [6.45, 7) is 8.38. The lowest BCUT2D eigenvalue weighted by Crippen LogP contribution is -2.59. The number of carbonyl (C=O) groups excluding carboxylic acids is 3. The highest BCUT2D eigenvalue weighted by atomic mass is 16.6. The van der Waals surface area contributed by atoms with Crippen molar-refractivity contribution in [3.05, 3.63) is 75.9 Å². The van der Waals surface area contributed by atoms with Crippen molar-refractivity contribution in [2.45, 2.75) is 45.1 Å². The van der Waals surface area contributed by atoms with Crippen LogP contribution in [0.3, 0.4) is 0 Å². The lowest BCUT2D eigenvalue weighted by atomic mass is 9.53. The predicted molar refractivity (Wildman–Crippen MR) is 131 cm³/mol. The number of nitrogens with one attached hydrogen (secondary N) is 1. The number of nitro groups is 1. The Morgan fingerprint density at radius 2 is 2.06 bits per heavy atom. The number of hydrogen-bond acceptors (Lipinski definition) is 7. The summed E-state index contributed by atoms with van der Waals surface area (Å²) in [4.78, 5) is 48.3. The SMILES string of the molecule is C=C1CC[C@H]2[C@@](C)(CCC(=O)N[C@@]2(C)COC(=O)c2ccccc2[N+](=O)[O-])[C@@H]1/C=C/C1=CCOC1=O. The number of nitrogens with zero attached hydrogens (tertiary/aromatic N) is 1. The number of ether oxygens (including phenoxy) is 2. The quantitative estimate of drug-likeness (QED) is 0.274. The van der Waals surface area contributed by atoms with Crippen LogP contribution in [0.5, 0.6) is 0 Å². The molecule has 0 spiro atoms. The summed E-state index contributed by atoms with van der Waals surface area (Å²) in [7, 11) is 0. The minimum absolute atomic E-state index is 0.0836. The van der Waals surface area contributed by atoms with Gasteiger partial charge in [-0.25, -0.2) is 9.59 Å². The second-order valence-corrected chi connectivity index (χ2v) is 10.2. The van der Waals surface area contributed by atoms with Gasteiger partial charge in [0, 0.05) is 18.4 Å². The maximum Gasteiger partial charge on any atom is 0.345 e. The van der Waals surface area contributed by atoms with Crippen molar-refractivity contribution in [2.24, 2.45) is 17.3 Å². The van der Waals surface area contributed by atoms with Gasteiger partial charge in [-0.05, 0) is 49.7 Å². The van der Waals surface area contributed by atoms with Crippen LogP contribution in [0, 0.1) is 27.4 Å². The highest BCUT2D eigenvalue weighted by molar-refractivity contribution is 5.94. The first-order chi connectivity index (χ1) is 17.0. The van der Waals surface area contributed by atoms with Gasteiger partial charge in [-0.1, -0.05) is 43.4 Å². The van der Waals surface area contributed by atoms with E-state index in [0.29, 0.717) is 24.8 Å². The highest BCUT2D eigenvalue weighted by Crippen LogP contribution is 2.55. The molecule has 3 aliphatic rings. The van der Waals surface area contributed by atoms with Gasteiger partial charge in [-0.15, -0.1) is 0 Å². The topological polar surface area (TPSA) is 125 Å². The van der Waals surface area contributed by atoms with Crippen LogP contribution < -0.4 is 5.32 Å². The third-order valence-electron chi connectivity index (χ3n) is 7.83. The first kappa shape index (κ1) is 25.3. The molecule has 4 atom stereocenters. The Labute approximate surface area is 209 Å². The number of amides is 1. The van der Waals surface area contributed by atoms with E-state index in [9.17, 15) is 24.5 Å². The van der Waals surface area contributed by atoms with Crippen molar-refractivity contribution >= 4 is 23.5 Å². The van der Waals surface area contributed by atoms with Gasteiger partial charge in [0.15, 0.2) is 0 Å². The lowest BCUT2D eigenvalue weighted by Gasteiger charge is -2.53. The molecule has 1 N–H and O–H groups in total. The number of benzene rings is 1. The second-order valence-electron chi connectivity index (χ2n) is 10.2. The number of para-hydroxylation sites is 1. The fraction of sp³-hybridized carbons (Fsp3) is 0.444. The van der Waals surface area contributed by atoms with Gasteiger partial charge < -0.3 is 14.8 Å². The molecule has 9 nitrogen and oxygen atoms in total. The zero-order valence-corrected chi connectivity index (χ0v) is 20.5. The van der Waals surface area contributed by atoms with E-state index in [1.807, 2.05) is 13.0 Å². The van der Waals surface area contributed by atoms with Gasteiger partial charge in [0.25, 0.3) is 5.69 Å². The maximum atomic E-state index is 12.8. The normalized spacial score (nSPS) is 30.2. The Morgan fingerprint density at radius 1 is 1.31 bits per heavy atom. The van der Waals surface area contributed by atoms with Crippen molar-refractivity contribution in [1.29, 1.82) is 0 Å². The minimum atomic E-state index is -0.903. The van der Waals surface area contributed by atoms with Crippen molar-refractivity contribution < 1.29 is 28.8 Å². The van der Waals surface area contributed by atoms with Crippen LogP contribution >= 0.6 is 0 Å². The average molecular weight is 495 g/mol. The molecule has 1 aliphatic carbocycles. The van der Waals surface area contributed by atoms with E-state index in [2.05, 4.69) is 18.8 Å². The largest absolute Gasteiger partial charge is 0.459 e. The molecule has 0 bridgehead atoms. The molecule has 190 valence electrons. The van der Waals surface area contributed by atoms with E-state index >= 15 is 0 Å². The number of carbonyl (C=O) groups is 3. The molecule has 36 heavy (non-hydrogen) atoms. The van der Waals surface area contributed by atoms with E-state index in [0.717, 1.165) is 12.0 Å². The Balaban J connectivity index is 1.61. The molecule has 0 unspecified atom stereocenters. The number of fused-ring (bicyclic) bond motifs is 1. The Morgan fingerprint density at radius 3 is 2.75 bits per heavy atom. The summed E-state index contributed by atoms with van der Waals surface area (Å²) in [5, 5.41) is 14.4. The molecule has 2 heterocycles.